The zero-order valence-corrected chi connectivity index (χ0v) is 39.7. The third kappa shape index (κ3) is 10.6. The van der Waals surface area contributed by atoms with Gasteiger partial charge in [-0.1, -0.05) is 12.2 Å². The number of allylic oxidation sites excluding steroid dienone is 2. The van der Waals surface area contributed by atoms with Gasteiger partial charge in [0.2, 0.25) is 33.7 Å². The lowest BCUT2D eigenvalue weighted by Gasteiger charge is -2.19. The Morgan fingerprint density at radius 1 is 0.812 bits per heavy atom. The predicted octanol–water partition coefficient (Wildman–Crippen LogP) is 2.75. The molecule has 0 aliphatic carbocycles. The molecule has 1 aliphatic rings. The Kier molecular flexibility index (Phi) is 14.5. The average Bonchev–Trinajstić information content (AvgIpc) is 4.14. The number of carbonyl (C=O) groups is 6. The second kappa shape index (κ2) is 20.5. The molecule has 0 unspecified atom stereocenters. The van der Waals surface area contributed by atoms with Crippen molar-refractivity contribution in [2.24, 2.45) is 5.73 Å². The van der Waals surface area contributed by atoms with Crippen molar-refractivity contribution in [2.45, 2.75) is 71.6 Å². The molecular formula is C45H52N14O9S. The topological polar surface area (TPSA) is 286 Å². The van der Waals surface area contributed by atoms with E-state index in [2.05, 4.69) is 30.5 Å². The summed E-state index contributed by atoms with van der Waals surface area (Å²) in [6.45, 7) is 8.60. The quantitative estimate of drug-likeness (QED) is 0.0459. The van der Waals surface area contributed by atoms with Crippen LogP contribution in [0, 0.1) is 13.8 Å². The molecule has 0 radical (unpaired) electrons. The minimum absolute atomic E-state index is 0.0182. The van der Waals surface area contributed by atoms with Crippen LogP contribution in [0.4, 0.5) is 11.9 Å². The number of amides is 6. The van der Waals surface area contributed by atoms with Gasteiger partial charge in [0.15, 0.2) is 0 Å². The van der Waals surface area contributed by atoms with Crippen LogP contribution in [0.1, 0.15) is 69.4 Å². The molecule has 5 N–H and O–H groups in total. The van der Waals surface area contributed by atoms with Crippen molar-refractivity contribution in [3.05, 3.63) is 95.1 Å². The largest absolute Gasteiger partial charge is 0.491 e. The summed E-state index contributed by atoms with van der Waals surface area (Å²) >= 11 is 0. The van der Waals surface area contributed by atoms with Crippen LogP contribution < -0.4 is 25.8 Å². The lowest BCUT2D eigenvalue weighted by atomic mass is 10.1. The number of nitrogens with two attached hydrogens (primary N) is 1. The Bertz CT molecular complexity index is 3180. The van der Waals surface area contributed by atoms with E-state index in [1.165, 1.54) is 36.2 Å². The number of anilines is 2. The van der Waals surface area contributed by atoms with Crippen molar-refractivity contribution in [1.29, 1.82) is 0 Å². The highest BCUT2D eigenvalue weighted by Gasteiger charge is 2.26. The van der Waals surface area contributed by atoms with Crippen LogP contribution in [0.3, 0.4) is 0 Å². The van der Waals surface area contributed by atoms with Crippen LogP contribution in [0.2, 0.25) is 0 Å². The lowest BCUT2D eigenvalue weighted by Crippen LogP contribution is -2.36. The Morgan fingerprint density at radius 2 is 1.39 bits per heavy atom. The van der Waals surface area contributed by atoms with E-state index in [1.807, 2.05) is 13.8 Å². The molecule has 2 aromatic carbocycles. The molecule has 0 atom stereocenters. The number of nitrogens with zero attached hydrogens (tertiary/aromatic N) is 10. The summed E-state index contributed by atoms with van der Waals surface area (Å²) in [5, 5.41) is 14.5. The smallest absolute Gasteiger partial charge is 0.276 e. The second-order valence-electron chi connectivity index (χ2n) is 15.9. The monoisotopic (exact) mass is 964 g/mol. The first-order valence-corrected chi connectivity index (χ1v) is 23.5. The van der Waals surface area contributed by atoms with Crippen molar-refractivity contribution in [2.75, 3.05) is 44.4 Å². The number of fused-ring (bicyclic) bond motifs is 2. The maximum atomic E-state index is 13.9. The molecular weight excluding hydrogens is 913 g/mol. The van der Waals surface area contributed by atoms with Gasteiger partial charge in [-0.3, -0.25) is 53.7 Å². The predicted molar refractivity (Wildman–Crippen MR) is 253 cm³/mol. The number of benzene rings is 2. The van der Waals surface area contributed by atoms with Crippen LogP contribution in [0.15, 0.2) is 71.7 Å². The molecule has 24 heteroatoms. The van der Waals surface area contributed by atoms with Crippen LogP contribution in [0.25, 0.3) is 22.1 Å². The molecule has 23 nitrogen and oxygen atoms in total. The molecule has 362 valence electrons. The van der Waals surface area contributed by atoms with E-state index >= 15 is 0 Å². The number of primary amides is 1. The highest BCUT2D eigenvalue weighted by molar-refractivity contribution is 7.89. The summed E-state index contributed by atoms with van der Waals surface area (Å²) in [7, 11) is -0.925. The van der Waals surface area contributed by atoms with E-state index in [9.17, 15) is 37.2 Å². The molecule has 4 aromatic heterocycles. The van der Waals surface area contributed by atoms with E-state index in [4.69, 9.17) is 15.5 Å². The fraction of sp³-hybridized carbons (Fsp3) is 0.333. The summed E-state index contributed by atoms with van der Waals surface area (Å²) in [4.78, 5) is 88.7. The maximum Gasteiger partial charge on any atom is 0.276 e. The average molecular weight is 965 g/mol. The Labute approximate surface area is 396 Å². The molecule has 6 aromatic rings. The van der Waals surface area contributed by atoms with Crippen molar-refractivity contribution in [3.63, 3.8) is 0 Å². The standard InChI is InChI=1S/C45H52N14O9S/c1-7-58-34(22-27(3)52-58)42(64)50-44-48-31-26-30(69(66,67)47-5)12-13-33(31)55(44)18-9-10-19-57-40-32(49-45(57)51-43(65)35-23-28(4)53-59(35)8-2)24-29(41(46)63)25-36(40)68-21-11-17-54(6)37(60)16-20-56-38(61)14-15-39(56)62/h9-10,12-15,22-26,47H,7-8,11,16-21H2,1-6H3,(H2,46,63)(H,48,50,64)(H,49,51,65)/b10-9+. The van der Waals surface area contributed by atoms with Crippen molar-refractivity contribution < 1.29 is 41.9 Å². The molecule has 0 spiro atoms. The first kappa shape index (κ1) is 48.9. The van der Waals surface area contributed by atoms with E-state index in [0.717, 1.165) is 17.1 Å². The third-order valence-electron chi connectivity index (χ3n) is 11.2. The van der Waals surface area contributed by atoms with Gasteiger partial charge in [-0.05, 0) is 83.6 Å². The highest BCUT2D eigenvalue weighted by atomic mass is 32.2. The van der Waals surface area contributed by atoms with Gasteiger partial charge in [-0.2, -0.15) is 10.2 Å². The summed E-state index contributed by atoms with van der Waals surface area (Å²) in [6.07, 6.45) is 6.18. The SMILES string of the molecule is CCn1nc(C)cc1C(=O)Nc1nc2cc(S(=O)(=O)NC)ccc2n1C/C=C/Cn1c(NC(=O)c2cc(C)nn2CC)nc2cc(C(N)=O)cc(OCCCN(C)C(=O)CCN3C(=O)C=CC3=O)c21. The molecule has 6 amide bonds. The van der Waals surface area contributed by atoms with E-state index < -0.39 is 39.6 Å². The van der Waals surface area contributed by atoms with Crippen LogP contribution in [-0.4, -0.2) is 126 Å². The first-order chi connectivity index (χ1) is 32.9. The minimum Gasteiger partial charge on any atom is -0.491 e. The molecule has 0 fully saturated rings. The van der Waals surface area contributed by atoms with Gasteiger partial charge in [0.25, 0.3) is 23.6 Å². The zero-order valence-electron chi connectivity index (χ0n) is 38.8. The van der Waals surface area contributed by atoms with Gasteiger partial charge in [0.1, 0.15) is 22.7 Å². The number of ether oxygens (including phenoxy) is 1. The molecule has 1 aliphatic heterocycles. The number of aromatic nitrogens is 8. The van der Waals surface area contributed by atoms with Crippen LogP contribution in [-0.2, 0) is 50.6 Å². The number of rotatable bonds is 21. The maximum absolute atomic E-state index is 13.9. The van der Waals surface area contributed by atoms with Crippen LogP contribution in [0.5, 0.6) is 5.75 Å². The van der Waals surface area contributed by atoms with Gasteiger partial charge < -0.3 is 24.5 Å². The van der Waals surface area contributed by atoms with E-state index in [1.54, 1.807) is 69.7 Å². The fourth-order valence-electron chi connectivity index (χ4n) is 7.72. The lowest BCUT2D eigenvalue weighted by molar-refractivity contribution is -0.138. The number of imidazole rings is 2. The summed E-state index contributed by atoms with van der Waals surface area (Å²) in [5.74, 6) is -2.49. The van der Waals surface area contributed by atoms with Gasteiger partial charge in [-0.15, -0.1) is 0 Å². The summed E-state index contributed by atoms with van der Waals surface area (Å²) in [5.41, 5.74) is 9.23. The Hall–Kier alpha value is -7.99. The van der Waals surface area contributed by atoms with Gasteiger partial charge in [0, 0.05) is 70.5 Å². The number of nitrogens with one attached hydrogen (secondary N) is 3. The Morgan fingerprint density at radius 3 is 1.97 bits per heavy atom. The second-order valence-corrected chi connectivity index (χ2v) is 17.8. The number of sulfonamides is 1. The first-order valence-electron chi connectivity index (χ1n) is 22.0. The Balaban J connectivity index is 1.19. The van der Waals surface area contributed by atoms with E-state index in [0.29, 0.717) is 53.1 Å². The van der Waals surface area contributed by atoms with Crippen LogP contribution >= 0.6 is 0 Å². The number of carbonyl (C=O) groups excluding carboxylic acids is 6. The molecule has 69 heavy (non-hydrogen) atoms. The molecule has 7 rings (SSSR count). The minimum atomic E-state index is -3.83. The highest BCUT2D eigenvalue weighted by Crippen LogP contribution is 2.32. The third-order valence-corrected chi connectivity index (χ3v) is 12.6. The van der Waals surface area contributed by atoms with Gasteiger partial charge in [0.05, 0.1) is 39.4 Å². The number of imide groups is 1. The molecule has 0 bridgehead atoms. The fourth-order valence-corrected chi connectivity index (χ4v) is 8.47. The van der Waals surface area contributed by atoms with E-state index in [-0.39, 0.29) is 84.4 Å². The number of hydrogen-bond acceptors (Lipinski definition) is 13. The van der Waals surface area contributed by atoms with Crippen molar-refractivity contribution >= 4 is 79.4 Å². The van der Waals surface area contributed by atoms with Gasteiger partial charge >= 0.3 is 0 Å². The van der Waals surface area contributed by atoms with Crippen molar-refractivity contribution in [1.82, 2.24) is 53.2 Å². The molecule has 5 heterocycles. The number of hydrogen-bond donors (Lipinski definition) is 4. The summed E-state index contributed by atoms with van der Waals surface area (Å²) in [6, 6.07) is 10.7. The molecule has 0 saturated heterocycles. The van der Waals surface area contributed by atoms with Crippen molar-refractivity contribution in [3.8, 4) is 5.75 Å². The normalized spacial score (nSPS) is 12.8. The molecule has 0 saturated carbocycles. The number of aryl methyl sites for hydroxylation is 4. The van der Waals surface area contributed by atoms with Gasteiger partial charge in [-0.25, -0.2) is 23.1 Å². The zero-order chi connectivity index (χ0) is 49.7. The summed E-state index contributed by atoms with van der Waals surface area (Å²) < 4.78 is 40.6.